The minimum absolute atomic E-state index is 0.463. The molecule has 4 rings (SSSR count). The van der Waals surface area contributed by atoms with Crippen molar-refractivity contribution in [3.63, 3.8) is 0 Å². The van der Waals surface area contributed by atoms with Gasteiger partial charge in [-0.2, -0.15) is 5.26 Å². The number of pyridine rings is 2. The number of nitriles is 1. The van der Waals surface area contributed by atoms with Crippen molar-refractivity contribution in [1.29, 1.82) is 5.26 Å². The van der Waals surface area contributed by atoms with E-state index in [1.54, 1.807) is 6.20 Å². The summed E-state index contributed by atoms with van der Waals surface area (Å²) in [4.78, 5) is 9.08. The molecule has 0 bridgehead atoms. The summed E-state index contributed by atoms with van der Waals surface area (Å²) in [5.41, 5.74) is 3.25. The van der Waals surface area contributed by atoms with E-state index in [2.05, 4.69) is 39.9 Å². The van der Waals surface area contributed by atoms with Crippen LogP contribution in [0.1, 0.15) is 24.0 Å². The molecule has 0 fully saturated rings. The lowest BCUT2D eigenvalue weighted by Gasteiger charge is -2.11. The second-order valence-electron chi connectivity index (χ2n) is 7.98. The number of hydrogen-bond acceptors (Lipinski definition) is 6. The van der Waals surface area contributed by atoms with Crippen LogP contribution in [0, 0.1) is 11.3 Å². The molecule has 0 unspecified atom stereocenters. The Bertz CT molecular complexity index is 1230. The number of unbranched alkanes of at least 4 members (excludes halogenated alkanes) is 1. The van der Waals surface area contributed by atoms with Crippen molar-refractivity contribution in [2.24, 2.45) is 0 Å². The highest BCUT2D eigenvalue weighted by Gasteiger charge is 2.07. The molecule has 0 saturated heterocycles. The molecule has 2 heterocycles. The highest BCUT2D eigenvalue weighted by Crippen LogP contribution is 2.28. The van der Waals surface area contributed by atoms with Crippen LogP contribution in [0.5, 0.6) is 0 Å². The zero-order valence-electron chi connectivity index (χ0n) is 18.8. The van der Waals surface area contributed by atoms with Crippen LogP contribution in [0.15, 0.2) is 67.0 Å². The highest BCUT2D eigenvalue weighted by atomic mass is 16.5. The summed E-state index contributed by atoms with van der Waals surface area (Å²) >= 11 is 0. The van der Waals surface area contributed by atoms with E-state index in [0.717, 1.165) is 65.6 Å². The first-order valence-corrected chi connectivity index (χ1v) is 11.4. The van der Waals surface area contributed by atoms with Gasteiger partial charge in [-0.05, 0) is 42.6 Å². The van der Waals surface area contributed by atoms with E-state index in [1.807, 2.05) is 42.6 Å². The molecule has 2 N–H and O–H groups in total. The number of aromatic nitrogens is 2. The molecule has 0 atom stereocenters. The monoisotopic (exact) mass is 439 g/mol. The molecule has 6 heteroatoms. The second kappa shape index (κ2) is 11.9. The molecule has 2 aromatic carbocycles. The molecule has 0 saturated carbocycles. The van der Waals surface area contributed by atoms with Gasteiger partial charge < -0.3 is 15.4 Å². The fourth-order valence-corrected chi connectivity index (χ4v) is 3.90. The summed E-state index contributed by atoms with van der Waals surface area (Å²) in [6.45, 7) is 3.87. The van der Waals surface area contributed by atoms with Crippen molar-refractivity contribution in [3.05, 3.63) is 78.1 Å². The maximum Gasteiger partial charge on any atom is 0.134 e. The molecular formula is C27H29N5O. The number of para-hydroxylation sites is 1. The van der Waals surface area contributed by atoms with Crippen molar-refractivity contribution in [2.45, 2.75) is 25.8 Å². The number of fused-ring (bicyclic) bond motifs is 3. The molecule has 6 nitrogen and oxygen atoms in total. The Morgan fingerprint density at radius 3 is 2.73 bits per heavy atom. The summed E-state index contributed by atoms with van der Waals surface area (Å²) in [5, 5.41) is 19.0. The van der Waals surface area contributed by atoms with E-state index in [-0.39, 0.29) is 0 Å². The predicted molar refractivity (Wildman–Crippen MR) is 133 cm³/mol. The van der Waals surface area contributed by atoms with E-state index >= 15 is 0 Å². The zero-order chi connectivity index (χ0) is 22.7. The first-order chi connectivity index (χ1) is 16.3. The number of nitrogens with one attached hydrogen (secondary N) is 2. The average molecular weight is 440 g/mol. The number of ether oxygens (including phenoxy) is 1. The molecule has 0 spiro atoms. The topological polar surface area (TPSA) is 82.9 Å². The Morgan fingerprint density at radius 2 is 1.79 bits per heavy atom. The van der Waals surface area contributed by atoms with Gasteiger partial charge in [0.25, 0.3) is 0 Å². The van der Waals surface area contributed by atoms with Crippen molar-refractivity contribution in [1.82, 2.24) is 15.3 Å². The summed E-state index contributed by atoms with van der Waals surface area (Å²) in [6, 6.07) is 20.5. The van der Waals surface area contributed by atoms with Crippen LogP contribution in [0.3, 0.4) is 0 Å². The summed E-state index contributed by atoms with van der Waals surface area (Å²) in [6.07, 6.45) is 6.25. The fraction of sp³-hybridized carbons (Fsp3) is 0.296. The lowest BCUT2D eigenvalue weighted by molar-refractivity contribution is 0.140. The van der Waals surface area contributed by atoms with E-state index in [0.29, 0.717) is 19.6 Å². The van der Waals surface area contributed by atoms with Gasteiger partial charge in [-0.1, -0.05) is 42.5 Å². The smallest absolute Gasteiger partial charge is 0.134 e. The van der Waals surface area contributed by atoms with E-state index in [9.17, 15) is 0 Å². The standard InChI is InChI=1S/C27H29N5O/c28-12-10-21-6-5-7-22(18-21)19-29-13-3-4-16-33-17-15-31-27-24-11-14-30-20-25(24)23-8-1-2-9-26(23)32-27/h1-2,5-9,11,14,18,20,29H,3-4,10,13,15-17,19H2,(H,31,32). The third-order valence-electron chi connectivity index (χ3n) is 5.54. The van der Waals surface area contributed by atoms with Gasteiger partial charge in [-0.3, -0.25) is 4.98 Å². The van der Waals surface area contributed by atoms with Gasteiger partial charge in [0.2, 0.25) is 0 Å². The maximum atomic E-state index is 8.81. The Hall–Kier alpha value is -3.53. The average Bonchev–Trinajstić information content (AvgIpc) is 2.85. The van der Waals surface area contributed by atoms with Gasteiger partial charge in [0.05, 0.1) is 24.6 Å². The van der Waals surface area contributed by atoms with Gasteiger partial charge in [0.15, 0.2) is 0 Å². The van der Waals surface area contributed by atoms with Crippen molar-refractivity contribution >= 4 is 27.5 Å². The number of nitrogens with zero attached hydrogens (tertiary/aromatic N) is 3. The second-order valence-corrected chi connectivity index (χ2v) is 7.98. The number of benzene rings is 2. The molecule has 168 valence electrons. The minimum atomic E-state index is 0.463. The van der Waals surface area contributed by atoms with Crippen molar-refractivity contribution in [2.75, 3.05) is 31.6 Å². The third kappa shape index (κ3) is 6.26. The van der Waals surface area contributed by atoms with E-state index in [1.165, 1.54) is 5.56 Å². The third-order valence-corrected chi connectivity index (χ3v) is 5.54. The molecule has 4 aromatic rings. The molecular weight excluding hydrogens is 410 g/mol. The molecule has 33 heavy (non-hydrogen) atoms. The largest absolute Gasteiger partial charge is 0.380 e. The lowest BCUT2D eigenvalue weighted by atomic mass is 10.1. The number of rotatable bonds is 12. The first kappa shape index (κ1) is 22.7. The Labute approximate surface area is 194 Å². The lowest BCUT2D eigenvalue weighted by Crippen LogP contribution is -2.16. The van der Waals surface area contributed by atoms with Crippen LogP contribution in [-0.4, -0.2) is 36.3 Å². The first-order valence-electron chi connectivity index (χ1n) is 11.4. The van der Waals surface area contributed by atoms with Crippen LogP contribution in [0.2, 0.25) is 0 Å². The van der Waals surface area contributed by atoms with E-state index < -0.39 is 0 Å². The van der Waals surface area contributed by atoms with Crippen molar-refractivity contribution < 1.29 is 4.74 Å². The quantitative estimate of drug-likeness (QED) is 0.243. The van der Waals surface area contributed by atoms with Gasteiger partial charge in [-0.25, -0.2) is 4.98 Å². The Morgan fingerprint density at radius 1 is 0.879 bits per heavy atom. The van der Waals surface area contributed by atoms with Crippen LogP contribution in [-0.2, 0) is 17.7 Å². The summed E-state index contributed by atoms with van der Waals surface area (Å²) in [5.74, 6) is 0.873. The molecule has 0 aliphatic carbocycles. The van der Waals surface area contributed by atoms with Gasteiger partial charge >= 0.3 is 0 Å². The van der Waals surface area contributed by atoms with Crippen molar-refractivity contribution in [3.8, 4) is 6.07 Å². The molecule has 2 aromatic heterocycles. The van der Waals surface area contributed by atoms with Gasteiger partial charge in [0, 0.05) is 48.2 Å². The zero-order valence-corrected chi connectivity index (χ0v) is 18.8. The predicted octanol–water partition coefficient (Wildman–Crippen LogP) is 4.85. The fourth-order valence-electron chi connectivity index (χ4n) is 3.90. The number of anilines is 1. The molecule has 0 aliphatic rings. The van der Waals surface area contributed by atoms with Crippen LogP contribution < -0.4 is 10.6 Å². The number of hydrogen-bond donors (Lipinski definition) is 2. The maximum absolute atomic E-state index is 8.81. The molecule has 0 amide bonds. The molecule has 0 aliphatic heterocycles. The van der Waals surface area contributed by atoms with Gasteiger partial charge in [0.1, 0.15) is 5.82 Å². The SMILES string of the molecule is N#CCc1cccc(CNCCCCOCCNc2nc3ccccc3c3cnccc23)c1. The van der Waals surface area contributed by atoms with E-state index in [4.69, 9.17) is 15.0 Å². The Balaban J connectivity index is 1.13. The summed E-state index contributed by atoms with van der Waals surface area (Å²) in [7, 11) is 0. The van der Waals surface area contributed by atoms with Gasteiger partial charge in [-0.15, -0.1) is 0 Å². The minimum Gasteiger partial charge on any atom is -0.380 e. The Kier molecular flexibility index (Phi) is 8.18. The van der Waals surface area contributed by atoms with Crippen LogP contribution >= 0.6 is 0 Å². The summed E-state index contributed by atoms with van der Waals surface area (Å²) < 4.78 is 5.80. The highest BCUT2D eigenvalue weighted by molar-refractivity contribution is 6.09. The van der Waals surface area contributed by atoms with Crippen LogP contribution in [0.4, 0.5) is 5.82 Å². The normalized spacial score (nSPS) is 11.0. The van der Waals surface area contributed by atoms with Crippen LogP contribution in [0.25, 0.3) is 21.7 Å². The molecule has 0 radical (unpaired) electrons.